The van der Waals surface area contributed by atoms with E-state index in [4.69, 9.17) is 16.3 Å². The molecule has 0 unspecified atom stereocenters. The molecule has 1 aliphatic rings. The summed E-state index contributed by atoms with van der Waals surface area (Å²) in [6, 6.07) is 12.4. The molecule has 1 atom stereocenters. The number of carbonyl (C=O) groups is 1. The predicted octanol–water partition coefficient (Wildman–Crippen LogP) is 6.74. The molecule has 4 nitrogen and oxygen atoms in total. The van der Waals surface area contributed by atoms with Gasteiger partial charge in [-0.1, -0.05) is 27.5 Å². The van der Waals surface area contributed by atoms with Gasteiger partial charge in [0.2, 0.25) is 0 Å². The molecular weight excluding hydrogens is 447 g/mol. The molecule has 2 aromatic carbocycles. The summed E-state index contributed by atoms with van der Waals surface area (Å²) in [6.07, 6.45) is 1.01. The van der Waals surface area contributed by atoms with Gasteiger partial charge in [-0.3, -0.25) is 4.90 Å². The van der Waals surface area contributed by atoms with E-state index in [0.717, 1.165) is 23.0 Å². The molecular formula is C21H23BrClFN2O2. The number of carbonyl (C=O) groups excluding carboxylic acids is 1. The molecule has 0 saturated carbocycles. The molecule has 0 bridgehead atoms. The Kier molecular flexibility index (Phi) is 6.20. The van der Waals surface area contributed by atoms with E-state index >= 15 is 0 Å². The predicted molar refractivity (Wildman–Crippen MR) is 114 cm³/mol. The molecule has 0 aromatic heterocycles. The summed E-state index contributed by atoms with van der Waals surface area (Å²) >= 11 is 9.50. The third kappa shape index (κ3) is 4.78. The second kappa shape index (κ2) is 8.29. The van der Waals surface area contributed by atoms with Crippen LogP contribution in [0.4, 0.5) is 20.6 Å². The van der Waals surface area contributed by atoms with Crippen LogP contribution in [-0.2, 0) is 4.74 Å². The lowest BCUT2D eigenvalue weighted by atomic mass is 10.2. The molecule has 3 rings (SSSR count). The molecule has 1 amide bonds. The molecule has 7 heteroatoms. The summed E-state index contributed by atoms with van der Waals surface area (Å²) in [5, 5.41) is 0.0430. The fourth-order valence-electron chi connectivity index (χ4n) is 3.28. The largest absolute Gasteiger partial charge is 0.444 e. The minimum absolute atomic E-state index is 0.0430. The van der Waals surface area contributed by atoms with E-state index in [2.05, 4.69) is 15.9 Å². The zero-order chi connectivity index (χ0) is 20.5. The van der Waals surface area contributed by atoms with Gasteiger partial charge in [0, 0.05) is 22.4 Å². The van der Waals surface area contributed by atoms with Gasteiger partial charge in [0.15, 0.2) is 0 Å². The molecule has 0 N–H and O–H groups in total. The van der Waals surface area contributed by atoms with Crippen LogP contribution < -0.4 is 4.90 Å². The van der Waals surface area contributed by atoms with Crippen LogP contribution in [0.25, 0.3) is 0 Å². The monoisotopic (exact) mass is 468 g/mol. The Morgan fingerprint density at radius 2 is 1.86 bits per heavy atom. The number of rotatable bonds is 3. The van der Waals surface area contributed by atoms with Crippen LogP contribution in [0.2, 0.25) is 5.02 Å². The number of hydrogen-bond acceptors (Lipinski definition) is 3. The lowest BCUT2D eigenvalue weighted by molar-refractivity contribution is 0.0231. The van der Waals surface area contributed by atoms with Crippen LogP contribution >= 0.6 is 27.5 Å². The van der Waals surface area contributed by atoms with Gasteiger partial charge in [0.25, 0.3) is 0 Å². The Morgan fingerprint density at radius 1 is 1.21 bits per heavy atom. The van der Waals surface area contributed by atoms with Crippen molar-refractivity contribution in [1.29, 1.82) is 0 Å². The van der Waals surface area contributed by atoms with Crippen molar-refractivity contribution in [2.75, 3.05) is 11.4 Å². The van der Waals surface area contributed by atoms with Crippen LogP contribution in [-0.4, -0.2) is 29.3 Å². The number of ether oxygens (including phenoxy) is 1. The number of anilines is 2. The molecule has 0 radical (unpaired) electrons. The Labute approximate surface area is 178 Å². The van der Waals surface area contributed by atoms with Crippen LogP contribution in [0.15, 0.2) is 46.9 Å². The zero-order valence-electron chi connectivity index (χ0n) is 16.1. The van der Waals surface area contributed by atoms with Gasteiger partial charge in [0.1, 0.15) is 17.6 Å². The first-order chi connectivity index (χ1) is 13.2. The van der Waals surface area contributed by atoms with Gasteiger partial charge in [-0.05, 0) is 76.1 Å². The third-order valence-electron chi connectivity index (χ3n) is 4.43. The van der Waals surface area contributed by atoms with Gasteiger partial charge in [-0.2, -0.15) is 0 Å². The van der Waals surface area contributed by atoms with E-state index in [-0.39, 0.29) is 17.3 Å². The minimum atomic E-state index is -0.578. The van der Waals surface area contributed by atoms with E-state index in [1.165, 1.54) is 6.07 Å². The van der Waals surface area contributed by atoms with E-state index < -0.39 is 11.4 Å². The lowest BCUT2D eigenvalue weighted by Gasteiger charge is -2.37. The molecule has 1 saturated heterocycles. The highest BCUT2D eigenvalue weighted by Gasteiger charge is 2.37. The van der Waals surface area contributed by atoms with Gasteiger partial charge >= 0.3 is 6.09 Å². The van der Waals surface area contributed by atoms with Gasteiger partial charge in [-0.25, -0.2) is 9.18 Å². The zero-order valence-corrected chi connectivity index (χ0v) is 18.4. The average molecular weight is 470 g/mol. The highest BCUT2D eigenvalue weighted by Crippen LogP contribution is 2.36. The van der Waals surface area contributed by atoms with E-state index in [1.54, 1.807) is 17.0 Å². The van der Waals surface area contributed by atoms with Crippen molar-refractivity contribution in [3.63, 3.8) is 0 Å². The maximum atomic E-state index is 13.7. The number of likely N-dealkylation sites (tertiary alicyclic amines) is 1. The van der Waals surface area contributed by atoms with Crippen molar-refractivity contribution in [3.8, 4) is 0 Å². The van der Waals surface area contributed by atoms with Crippen molar-refractivity contribution in [1.82, 2.24) is 4.90 Å². The fraction of sp³-hybridized carbons (Fsp3) is 0.381. The first-order valence-electron chi connectivity index (χ1n) is 9.15. The Balaban J connectivity index is 2.01. The maximum Gasteiger partial charge on any atom is 0.411 e. The summed E-state index contributed by atoms with van der Waals surface area (Å²) in [7, 11) is 0. The summed E-state index contributed by atoms with van der Waals surface area (Å²) in [5.74, 6) is -0.475. The number of nitrogens with zero attached hydrogens (tertiary/aromatic N) is 2. The average Bonchev–Trinajstić information content (AvgIpc) is 3.08. The second-order valence-electron chi connectivity index (χ2n) is 7.74. The van der Waals surface area contributed by atoms with Gasteiger partial charge in [-0.15, -0.1) is 0 Å². The summed E-state index contributed by atoms with van der Waals surface area (Å²) in [5.41, 5.74) is 1.02. The summed E-state index contributed by atoms with van der Waals surface area (Å²) < 4.78 is 20.3. The van der Waals surface area contributed by atoms with Crippen molar-refractivity contribution in [2.45, 2.75) is 45.4 Å². The van der Waals surface area contributed by atoms with Crippen molar-refractivity contribution < 1.29 is 13.9 Å². The Hall–Kier alpha value is -1.79. The van der Waals surface area contributed by atoms with Crippen molar-refractivity contribution >= 4 is 45.0 Å². The molecule has 2 aromatic rings. The molecule has 1 aliphatic heterocycles. The van der Waals surface area contributed by atoms with Crippen LogP contribution in [0.5, 0.6) is 0 Å². The first-order valence-corrected chi connectivity index (χ1v) is 10.3. The molecule has 0 aliphatic carbocycles. The normalized spacial score (nSPS) is 16.9. The van der Waals surface area contributed by atoms with E-state index in [9.17, 15) is 9.18 Å². The standard InChI is InChI=1S/C21H23BrClFN2O2/c1-21(2,3)28-20(27)25-12-4-5-19(25)26(15-8-6-14(22)7-9-15)16-10-11-18(24)17(23)13-16/h6-11,13,19H,4-5,12H2,1-3H3/t19-/m1/s1. The highest BCUT2D eigenvalue weighted by atomic mass is 79.9. The van der Waals surface area contributed by atoms with Crippen molar-refractivity contribution in [2.24, 2.45) is 0 Å². The molecule has 0 spiro atoms. The van der Waals surface area contributed by atoms with Crippen LogP contribution in [0.1, 0.15) is 33.6 Å². The fourth-order valence-corrected chi connectivity index (χ4v) is 3.72. The number of benzene rings is 2. The van der Waals surface area contributed by atoms with Gasteiger partial charge in [0.05, 0.1) is 5.02 Å². The number of amides is 1. The SMILES string of the molecule is CC(C)(C)OC(=O)N1CCC[C@H]1N(c1ccc(Br)cc1)c1ccc(F)c(Cl)c1. The smallest absolute Gasteiger partial charge is 0.411 e. The van der Waals surface area contributed by atoms with Crippen LogP contribution in [0.3, 0.4) is 0 Å². The van der Waals surface area contributed by atoms with E-state index in [1.807, 2.05) is 49.9 Å². The Morgan fingerprint density at radius 3 is 2.46 bits per heavy atom. The van der Waals surface area contributed by atoms with E-state index in [0.29, 0.717) is 12.2 Å². The first kappa shape index (κ1) is 20.9. The number of halogens is 3. The number of hydrogen-bond donors (Lipinski definition) is 0. The second-order valence-corrected chi connectivity index (χ2v) is 9.06. The molecule has 150 valence electrons. The van der Waals surface area contributed by atoms with Gasteiger partial charge < -0.3 is 9.64 Å². The highest BCUT2D eigenvalue weighted by molar-refractivity contribution is 9.10. The van der Waals surface area contributed by atoms with Crippen LogP contribution in [0, 0.1) is 5.82 Å². The Bertz CT molecular complexity index is 854. The molecule has 1 fully saturated rings. The lowest BCUT2D eigenvalue weighted by Crippen LogP contribution is -2.47. The molecule has 1 heterocycles. The summed E-state index contributed by atoms with van der Waals surface area (Å²) in [6.45, 7) is 6.15. The summed E-state index contributed by atoms with van der Waals surface area (Å²) in [4.78, 5) is 16.5. The van der Waals surface area contributed by atoms with Crippen molar-refractivity contribution in [3.05, 3.63) is 57.8 Å². The molecule has 28 heavy (non-hydrogen) atoms. The minimum Gasteiger partial charge on any atom is -0.444 e. The topological polar surface area (TPSA) is 32.8 Å². The quantitative estimate of drug-likeness (QED) is 0.499. The maximum absolute atomic E-state index is 13.7. The third-order valence-corrected chi connectivity index (χ3v) is 5.25.